The SMILES string of the molecule is CCNC1CCN(C(C)C2CCCC2)C(C)C1. The van der Waals surface area contributed by atoms with Crippen LogP contribution in [-0.2, 0) is 0 Å². The number of nitrogens with one attached hydrogen (secondary N) is 1. The number of hydrogen-bond donors (Lipinski definition) is 1. The second kappa shape index (κ2) is 6.19. The first-order chi connectivity index (χ1) is 8.22. The summed E-state index contributed by atoms with van der Waals surface area (Å²) in [5.41, 5.74) is 0. The standard InChI is InChI=1S/C15H30N2/c1-4-16-15-9-10-17(12(2)11-15)13(3)14-7-5-6-8-14/h12-16H,4-11H2,1-3H3. The van der Waals surface area contributed by atoms with E-state index in [1.807, 2.05) is 0 Å². The minimum absolute atomic E-state index is 0.766. The van der Waals surface area contributed by atoms with E-state index in [9.17, 15) is 0 Å². The van der Waals surface area contributed by atoms with Gasteiger partial charge in [0.1, 0.15) is 0 Å². The van der Waals surface area contributed by atoms with Crippen molar-refractivity contribution in [3.8, 4) is 0 Å². The number of piperidine rings is 1. The van der Waals surface area contributed by atoms with Crippen molar-refractivity contribution >= 4 is 0 Å². The first kappa shape index (κ1) is 13.4. The number of hydrogen-bond acceptors (Lipinski definition) is 2. The summed E-state index contributed by atoms with van der Waals surface area (Å²) >= 11 is 0. The van der Waals surface area contributed by atoms with Crippen LogP contribution in [0.25, 0.3) is 0 Å². The summed E-state index contributed by atoms with van der Waals surface area (Å²) in [6, 6.07) is 2.35. The molecule has 3 atom stereocenters. The third kappa shape index (κ3) is 3.23. The van der Waals surface area contributed by atoms with Crippen LogP contribution in [0.2, 0.25) is 0 Å². The van der Waals surface area contributed by atoms with E-state index >= 15 is 0 Å². The second-order valence-corrected chi connectivity index (χ2v) is 6.15. The van der Waals surface area contributed by atoms with Crippen molar-refractivity contribution in [3.63, 3.8) is 0 Å². The molecule has 17 heavy (non-hydrogen) atoms. The lowest BCUT2D eigenvalue weighted by atomic mass is 9.91. The van der Waals surface area contributed by atoms with E-state index in [0.29, 0.717) is 0 Å². The van der Waals surface area contributed by atoms with Crippen molar-refractivity contribution in [2.45, 2.75) is 77.4 Å². The summed E-state index contributed by atoms with van der Waals surface area (Å²) in [6.07, 6.45) is 8.57. The summed E-state index contributed by atoms with van der Waals surface area (Å²) in [6.45, 7) is 9.54. The van der Waals surface area contributed by atoms with Crippen LogP contribution in [0.3, 0.4) is 0 Å². The quantitative estimate of drug-likeness (QED) is 0.810. The van der Waals surface area contributed by atoms with Gasteiger partial charge in [-0.25, -0.2) is 0 Å². The Morgan fingerprint density at radius 1 is 1.24 bits per heavy atom. The van der Waals surface area contributed by atoms with Crippen LogP contribution in [0, 0.1) is 5.92 Å². The molecule has 0 aromatic heterocycles. The van der Waals surface area contributed by atoms with Crippen LogP contribution in [0.5, 0.6) is 0 Å². The van der Waals surface area contributed by atoms with Gasteiger partial charge in [0.25, 0.3) is 0 Å². The summed E-state index contributed by atoms with van der Waals surface area (Å²) in [5.74, 6) is 0.980. The molecule has 0 spiro atoms. The van der Waals surface area contributed by atoms with Crippen LogP contribution in [0.15, 0.2) is 0 Å². The Labute approximate surface area is 107 Å². The lowest BCUT2D eigenvalue weighted by molar-refractivity contribution is 0.0672. The van der Waals surface area contributed by atoms with Gasteiger partial charge < -0.3 is 5.32 Å². The Morgan fingerprint density at radius 3 is 2.53 bits per heavy atom. The lowest BCUT2D eigenvalue weighted by Gasteiger charge is -2.43. The molecule has 1 aliphatic heterocycles. The molecular weight excluding hydrogens is 208 g/mol. The van der Waals surface area contributed by atoms with Gasteiger partial charge in [-0.1, -0.05) is 19.8 Å². The van der Waals surface area contributed by atoms with Crippen LogP contribution in [-0.4, -0.2) is 36.1 Å². The van der Waals surface area contributed by atoms with Crippen LogP contribution in [0.4, 0.5) is 0 Å². The number of rotatable bonds is 4. The molecule has 1 heterocycles. The van der Waals surface area contributed by atoms with Gasteiger partial charge in [-0.3, -0.25) is 4.90 Å². The highest BCUT2D eigenvalue weighted by Gasteiger charge is 2.32. The van der Waals surface area contributed by atoms with Crippen molar-refractivity contribution in [2.24, 2.45) is 5.92 Å². The maximum Gasteiger partial charge on any atom is 0.00980 e. The molecule has 1 N–H and O–H groups in total. The van der Waals surface area contributed by atoms with E-state index in [2.05, 4.69) is 31.0 Å². The van der Waals surface area contributed by atoms with Gasteiger partial charge in [-0.2, -0.15) is 0 Å². The highest BCUT2D eigenvalue weighted by Crippen LogP contribution is 2.32. The van der Waals surface area contributed by atoms with Crippen LogP contribution < -0.4 is 5.32 Å². The summed E-state index contributed by atoms with van der Waals surface area (Å²) in [4.78, 5) is 2.78. The summed E-state index contributed by atoms with van der Waals surface area (Å²) < 4.78 is 0. The van der Waals surface area contributed by atoms with Crippen molar-refractivity contribution in [1.82, 2.24) is 10.2 Å². The molecule has 1 saturated carbocycles. The fraction of sp³-hybridized carbons (Fsp3) is 1.00. The van der Waals surface area contributed by atoms with E-state index in [1.54, 1.807) is 0 Å². The Morgan fingerprint density at radius 2 is 1.94 bits per heavy atom. The van der Waals surface area contributed by atoms with Gasteiger partial charge in [0.15, 0.2) is 0 Å². The van der Waals surface area contributed by atoms with Gasteiger partial charge in [0, 0.05) is 24.7 Å². The first-order valence-electron chi connectivity index (χ1n) is 7.71. The minimum Gasteiger partial charge on any atom is -0.314 e. The first-order valence-corrected chi connectivity index (χ1v) is 7.71. The highest BCUT2D eigenvalue weighted by molar-refractivity contribution is 4.88. The molecular formula is C15H30N2. The average Bonchev–Trinajstić information content (AvgIpc) is 2.82. The van der Waals surface area contributed by atoms with E-state index in [0.717, 1.165) is 30.6 Å². The van der Waals surface area contributed by atoms with E-state index in [1.165, 1.54) is 45.1 Å². The largest absolute Gasteiger partial charge is 0.314 e. The van der Waals surface area contributed by atoms with E-state index < -0.39 is 0 Å². The van der Waals surface area contributed by atoms with E-state index in [-0.39, 0.29) is 0 Å². The van der Waals surface area contributed by atoms with Gasteiger partial charge in [0.2, 0.25) is 0 Å². The Hall–Kier alpha value is -0.0800. The molecule has 0 radical (unpaired) electrons. The normalized spacial score (nSPS) is 34.1. The Bertz CT molecular complexity index is 223. The van der Waals surface area contributed by atoms with Crippen molar-refractivity contribution in [1.29, 1.82) is 0 Å². The summed E-state index contributed by atoms with van der Waals surface area (Å²) in [7, 11) is 0. The van der Waals surface area contributed by atoms with Crippen LogP contribution >= 0.6 is 0 Å². The molecule has 2 heteroatoms. The van der Waals surface area contributed by atoms with Crippen molar-refractivity contribution in [3.05, 3.63) is 0 Å². The zero-order valence-corrected chi connectivity index (χ0v) is 11.9. The van der Waals surface area contributed by atoms with Crippen molar-refractivity contribution < 1.29 is 0 Å². The number of likely N-dealkylation sites (tertiary alicyclic amines) is 1. The summed E-state index contributed by atoms with van der Waals surface area (Å²) in [5, 5.41) is 3.62. The molecule has 2 rings (SSSR count). The Balaban J connectivity index is 1.85. The third-order valence-corrected chi connectivity index (χ3v) is 5.03. The predicted molar refractivity (Wildman–Crippen MR) is 74.3 cm³/mol. The minimum atomic E-state index is 0.766. The van der Waals surface area contributed by atoms with Gasteiger partial charge in [-0.15, -0.1) is 0 Å². The molecule has 1 aliphatic carbocycles. The van der Waals surface area contributed by atoms with Gasteiger partial charge in [0.05, 0.1) is 0 Å². The molecule has 1 saturated heterocycles. The van der Waals surface area contributed by atoms with Crippen LogP contribution in [0.1, 0.15) is 59.3 Å². The zero-order valence-electron chi connectivity index (χ0n) is 11.9. The fourth-order valence-corrected chi connectivity index (χ4v) is 3.98. The average molecular weight is 238 g/mol. The molecule has 0 aromatic rings. The monoisotopic (exact) mass is 238 g/mol. The Kier molecular flexibility index (Phi) is 4.87. The third-order valence-electron chi connectivity index (χ3n) is 5.03. The van der Waals surface area contributed by atoms with E-state index in [4.69, 9.17) is 0 Å². The molecule has 2 nitrogen and oxygen atoms in total. The molecule has 0 aromatic carbocycles. The topological polar surface area (TPSA) is 15.3 Å². The molecule has 3 unspecified atom stereocenters. The second-order valence-electron chi connectivity index (χ2n) is 6.15. The predicted octanol–water partition coefficient (Wildman–Crippen LogP) is 3.03. The molecule has 0 bridgehead atoms. The molecule has 2 aliphatic rings. The van der Waals surface area contributed by atoms with Gasteiger partial charge >= 0.3 is 0 Å². The molecule has 100 valence electrons. The molecule has 0 amide bonds. The zero-order chi connectivity index (χ0) is 12.3. The smallest absolute Gasteiger partial charge is 0.00980 e. The maximum absolute atomic E-state index is 3.62. The highest BCUT2D eigenvalue weighted by atomic mass is 15.2. The maximum atomic E-state index is 3.62. The van der Waals surface area contributed by atoms with Gasteiger partial charge in [-0.05, 0) is 52.0 Å². The van der Waals surface area contributed by atoms with Crippen molar-refractivity contribution in [2.75, 3.05) is 13.1 Å². The molecule has 2 fully saturated rings. The number of nitrogens with zero attached hydrogens (tertiary/aromatic N) is 1. The lowest BCUT2D eigenvalue weighted by Crippen LogP contribution is -2.52. The fourth-order valence-electron chi connectivity index (χ4n) is 3.98.